The van der Waals surface area contributed by atoms with Crippen LogP contribution in [0.15, 0.2) is 23.9 Å². The zero-order chi connectivity index (χ0) is 11.9. The van der Waals surface area contributed by atoms with Crippen molar-refractivity contribution in [2.45, 2.75) is 45.6 Å². The molecule has 100 valence electrons. The fraction of sp³-hybridized carbons (Fsp3) is 0.692. The van der Waals surface area contributed by atoms with Gasteiger partial charge >= 0.3 is 0 Å². The van der Waals surface area contributed by atoms with Gasteiger partial charge in [0.15, 0.2) is 0 Å². The molecule has 17 heavy (non-hydrogen) atoms. The fourth-order valence-corrected chi connectivity index (χ4v) is 1.83. The predicted octanol–water partition coefficient (Wildman–Crippen LogP) is 1.44. The number of nitrogens with two attached hydrogens (primary N) is 1. The van der Waals surface area contributed by atoms with Crippen LogP contribution >= 0.6 is 0 Å². The molecular formula is C13H27N3O. The molecule has 2 rings (SSSR count). The van der Waals surface area contributed by atoms with Gasteiger partial charge in [0.05, 0.1) is 5.60 Å². The van der Waals surface area contributed by atoms with Crippen LogP contribution in [0.3, 0.4) is 0 Å². The van der Waals surface area contributed by atoms with Gasteiger partial charge in [-0.15, -0.1) is 0 Å². The van der Waals surface area contributed by atoms with Crippen LogP contribution in [0.1, 0.15) is 40.0 Å². The summed E-state index contributed by atoms with van der Waals surface area (Å²) in [5.41, 5.74) is 2.77. The summed E-state index contributed by atoms with van der Waals surface area (Å²) in [5, 5.41) is 12.7. The van der Waals surface area contributed by atoms with Crippen LogP contribution in [0.4, 0.5) is 0 Å². The highest BCUT2D eigenvalue weighted by atomic mass is 16.3. The Hall–Kier alpha value is -0.840. The van der Waals surface area contributed by atoms with Crippen molar-refractivity contribution in [1.29, 1.82) is 0 Å². The molecule has 0 saturated carbocycles. The number of aliphatic hydroxyl groups is 1. The number of rotatable bonds is 1. The number of hydrogen-bond acceptors (Lipinski definition) is 4. The van der Waals surface area contributed by atoms with E-state index in [4.69, 9.17) is 5.84 Å². The predicted molar refractivity (Wildman–Crippen MR) is 73.2 cm³/mol. The second-order valence-electron chi connectivity index (χ2n) is 4.56. The molecule has 4 heteroatoms. The minimum atomic E-state index is -0.678. The van der Waals surface area contributed by atoms with Crippen LogP contribution in [0.5, 0.6) is 0 Å². The van der Waals surface area contributed by atoms with Gasteiger partial charge in [-0.2, -0.15) is 0 Å². The van der Waals surface area contributed by atoms with Crippen LogP contribution in [0.2, 0.25) is 0 Å². The van der Waals surface area contributed by atoms with Crippen LogP contribution in [0.25, 0.3) is 0 Å². The van der Waals surface area contributed by atoms with Gasteiger partial charge in [-0.1, -0.05) is 26.0 Å². The third-order valence-corrected chi connectivity index (χ3v) is 2.69. The van der Waals surface area contributed by atoms with E-state index in [0.717, 1.165) is 5.57 Å². The van der Waals surface area contributed by atoms with Gasteiger partial charge in [0, 0.05) is 12.6 Å². The zero-order valence-corrected chi connectivity index (χ0v) is 10.00. The van der Waals surface area contributed by atoms with E-state index in [1.807, 2.05) is 6.08 Å². The third-order valence-electron chi connectivity index (χ3n) is 2.69. The zero-order valence-electron chi connectivity index (χ0n) is 10.00. The fourth-order valence-electron chi connectivity index (χ4n) is 1.83. The van der Waals surface area contributed by atoms with Crippen molar-refractivity contribution in [3.8, 4) is 0 Å². The molecule has 0 radical (unpaired) electrons. The summed E-state index contributed by atoms with van der Waals surface area (Å²) in [6.07, 6.45) is 10.2. The van der Waals surface area contributed by atoms with Crippen LogP contribution in [-0.4, -0.2) is 23.8 Å². The summed E-state index contributed by atoms with van der Waals surface area (Å²) >= 11 is 0. The lowest BCUT2D eigenvalue weighted by Crippen LogP contribution is -2.21. The van der Waals surface area contributed by atoms with E-state index in [-0.39, 0.29) is 7.43 Å². The number of piperidine rings is 1. The van der Waals surface area contributed by atoms with Gasteiger partial charge in [-0.05, 0) is 38.4 Å². The lowest BCUT2D eigenvalue weighted by atomic mass is 10.1. The Bertz CT molecular complexity index is 244. The number of nitrogens with one attached hydrogen (secondary N) is 2. The molecule has 2 aliphatic rings. The largest absolute Gasteiger partial charge is 0.386 e. The first-order valence-corrected chi connectivity index (χ1v) is 5.91. The molecule has 1 aliphatic heterocycles. The first-order valence-electron chi connectivity index (χ1n) is 5.91. The molecule has 0 aromatic heterocycles. The molecule has 1 aliphatic carbocycles. The van der Waals surface area contributed by atoms with Crippen molar-refractivity contribution in [3.63, 3.8) is 0 Å². The normalized spacial score (nSPS) is 29.2. The molecule has 0 bridgehead atoms. The van der Waals surface area contributed by atoms with Crippen molar-refractivity contribution in [1.82, 2.24) is 10.7 Å². The van der Waals surface area contributed by atoms with Crippen molar-refractivity contribution in [3.05, 3.63) is 23.9 Å². The Kier molecular flexibility index (Phi) is 7.87. The lowest BCUT2D eigenvalue weighted by molar-refractivity contribution is 0.119. The highest BCUT2D eigenvalue weighted by molar-refractivity contribution is 5.30. The molecule has 0 aromatic carbocycles. The van der Waals surface area contributed by atoms with Crippen LogP contribution < -0.4 is 16.6 Å². The topological polar surface area (TPSA) is 70.3 Å². The minimum absolute atomic E-state index is 0. The molecule has 4 nitrogen and oxygen atoms in total. The summed E-state index contributed by atoms with van der Waals surface area (Å²) in [5.74, 6) is 5.06. The SMILES string of the molecule is C.C1CCNCC1.CC1(O)C=C/C(=C/NN)C1. The maximum Gasteiger partial charge on any atom is 0.0843 e. The van der Waals surface area contributed by atoms with Gasteiger partial charge in [-0.25, -0.2) is 0 Å². The van der Waals surface area contributed by atoms with Gasteiger partial charge in [-0.3, -0.25) is 5.84 Å². The maximum atomic E-state index is 9.40. The second kappa shape index (κ2) is 8.28. The van der Waals surface area contributed by atoms with Gasteiger partial charge in [0.1, 0.15) is 0 Å². The lowest BCUT2D eigenvalue weighted by Gasteiger charge is -2.11. The molecular weight excluding hydrogens is 214 g/mol. The van der Waals surface area contributed by atoms with E-state index < -0.39 is 5.60 Å². The Morgan fingerprint density at radius 1 is 1.41 bits per heavy atom. The van der Waals surface area contributed by atoms with E-state index in [9.17, 15) is 5.11 Å². The Morgan fingerprint density at radius 2 is 2.06 bits per heavy atom. The molecule has 0 spiro atoms. The quantitative estimate of drug-likeness (QED) is 0.414. The Labute approximate surface area is 105 Å². The van der Waals surface area contributed by atoms with Crippen LogP contribution in [-0.2, 0) is 0 Å². The molecule has 5 N–H and O–H groups in total. The highest BCUT2D eigenvalue weighted by Gasteiger charge is 2.22. The molecule has 1 atom stereocenters. The van der Waals surface area contributed by atoms with Crippen molar-refractivity contribution in [2.24, 2.45) is 5.84 Å². The van der Waals surface area contributed by atoms with Gasteiger partial charge < -0.3 is 15.8 Å². The molecule has 1 unspecified atom stereocenters. The van der Waals surface area contributed by atoms with E-state index in [0.29, 0.717) is 6.42 Å². The van der Waals surface area contributed by atoms with E-state index in [1.165, 1.54) is 32.4 Å². The smallest absolute Gasteiger partial charge is 0.0843 e. The van der Waals surface area contributed by atoms with E-state index in [2.05, 4.69) is 10.7 Å². The number of hydrogen-bond donors (Lipinski definition) is 4. The van der Waals surface area contributed by atoms with Crippen molar-refractivity contribution in [2.75, 3.05) is 13.1 Å². The average Bonchev–Trinajstić information content (AvgIpc) is 2.62. The summed E-state index contributed by atoms with van der Waals surface area (Å²) in [6, 6.07) is 0. The van der Waals surface area contributed by atoms with Crippen LogP contribution in [0, 0.1) is 0 Å². The second-order valence-corrected chi connectivity index (χ2v) is 4.56. The van der Waals surface area contributed by atoms with Gasteiger partial charge in [0.25, 0.3) is 0 Å². The molecule has 0 amide bonds. The first kappa shape index (κ1) is 16.2. The third kappa shape index (κ3) is 7.15. The van der Waals surface area contributed by atoms with Crippen molar-refractivity contribution < 1.29 is 5.11 Å². The standard InChI is InChI=1S/C7H12N2O.C5H11N.CH4/c1-7(10)3-2-6(4-7)5-9-8;1-2-4-6-5-3-1;/h2-3,5,9-10H,4,8H2,1H3;6H,1-5H2;1H4/b6-5-;;. The summed E-state index contributed by atoms with van der Waals surface area (Å²) < 4.78 is 0. The number of hydrazine groups is 1. The Balaban J connectivity index is 0.000000316. The minimum Gasteiger partial charge on any atom is -0.386 e. The summed E-state index contributed by atoms with van der Waals surface area (Å²) in [7, 11) is 0. The van der Waals surface area contributed by atoms with Gasteiger partial charge in [0.2, 0.25) is 0 Å². The summed E-state index contributed by atoms with van der Waals surface area (Å²) in [6.45, 7) is 4.26. The molecule has 1 fully saturated rings. The average molecular weight is 241 g/mol. The molecule has 1 heterocycles. The first-order chi connectivity index (χ1) is 7.64. The van der Waals surface area contributed by atoms with Crippen molar-refractivity contribution >= 4 is 0 Å². The summed E-state index contributed by atoms with van der Waals surface area (Å²) in [4.78, 5) is 0. The molecule has 1 saturated heterocycles. The maximum absolute atomic E-state index is 9.40. The highest BCUT2D eigenvalue weighted by Crippen LogP contribution is 2.25. The number of allylic oxidation sites excluding steroid dienone is 1. The van der Waals surface area contributed by atoms with E-state index >= 15 is 0 Å². The Morgan fingerprint density at radius 3 is 2.35 bits per heavy atom. The van der Waals surface area contributed by atoms with E-state index in [1.54, 1.807) is 19.2 Å². The molecule has 0 aromatic rings. The monoisotopic (exact) mass is 241 g/mol.